The van der Waals surface area contributed by atoms with E-state index in [1.165, 1.54) is 0 Å². The number of aldehydes is 1. The Labute approximate surface area is 154 Å². The van der Waals surface area contributed by atoms with Crippen molar-refractivity contribution in [1.29, 1.82) is 0 Å². The summed E-state index contributed by atoms with van der Waals surface area (Å²) >= 11 is 6.05. The molecule has 0 aromatic carbocycles. The summed E-state index contributed by atoms with van der Waals surface area (Å²) in [5.74, 6) is -0.391. The third-order valence-corrected chi connectivity index (χ3v) is 3.92. The number of rotatable bonds is 4. The van der Waals surface area contributed by atoms with E-state index >= 15 is 0 Å². The fourth-order valence-corrected chi connectivity index (χ4v) is 2.28. The number of allylic oxidation sites excluding steroid dienone is 2. The quantitative estimate of drug-likeness (QED) is 0.611. The number of hydrogen-bond donors (Lipinski definition) is 2. The van der Waals surface area contributed by atoms with Crippen LogP contribution >= 0.6 is 23.6 Å². The molecule has 0 spiro atoms. The molecule has 0 radical (unpaired) electrons. The van der Waals surface area contributed by atoms with Crippen molar-refractivity contribution in [1.82, 2.24) is 9.88 Å². The van der Waals surface area contributed by atoms with Gasteiger partial charge in [0.1, 0.15) is 5.83 Å². The van der Waals surface area contributed by atoms with E-state index in [1.54, 1.807) is 16.7 Å². The van der Waals surface area contributed by atoms with E-state index in [1.807, 2.05) is 20.2 Å². The van der Waals surface area contributed by atoms with Crippen LogP contribution in [0.4, 0.5) is 10.1 Å². The summed E-state index contributed by atoms with van der Waals surface area (Å²) in [6.45, 7) is 6.19. The number of aryl methyl sites for hydroxylation is 1. The van der Waals surface area contributed by atoms with E-state index < -0.39 is 11.2 Å². The van der Waals surface area contributed by atoms with Gasteiger partial charge in [-0.3, -0.25) is 9.59 Å². The number of nitrogens with one attached hydrogen (secondary N) is 2. The number of pyridine rings is 1. The van der Waals surface area contributed by atoms with E-state index in [4.69, 9.17) is 15.8 Å². The molecule has 0 aliphatic carbocycles. The maximum Gasteiger partial charge on any atom is 0.250 e. The Bertz CT molecular complexity index is 734. The normalized spacial score (nSPS) is 18.6. The molecule has 1 aliphatic rings. The molecule has 9 heteroatoms. The van der Waals surface area contributed by atoms with E-state index in [0.29, 0.717) is 18.5 Å². The number of halogens is 2. The summed E-state index contributed by atoms with van der Waals surface area (Å²) in [6.07, 6.45) is 3.56. The van der Waals surface area contributed by atoms with Gasteiger partial charge >= 0.3 is 0 Å². The Hall–Kier alpha value is -2.19. The lowest BCUT2D eigenvalue weighted by Gasteiger charge is -2.23. The fourth-order valence-electron chi connectivity index (χ4n) is 1.69. The SMILES string of the molecule is C=C1OSC(C=O)N/C1=C/C(F)=C/Cl.CCn1cc(NC)ccc1=O. The van der Waals surface area contributed by atoms with Crippen molar-refractivity contribution in [2.45, 2.75) is 18.8 Å². The first kappa shape index (κ1) is 20.9. The van der Waals surface area contributed by atoms with Gasteiger partial charge in [0.2, 0.25) is 0 Å². The second kappa shape index (κ2) is 10.6. The van der Waals surface area contributed by atoms with Crippen LogP contribution in [0.25, 0.3) is 0 Å². The first-order valence-electron chi connectivity index (χ1n) is 7.25. The number of carbonyl (C=O) groups is 1. The lowest BCUT2D eigenvalue weighted by atomic mass is 10.3. The fraction of sp³-hybridized carbons (Fsp3) is 0.250. The maximum atomic E-state index is 12.7. The second-order valence-corrected chi connectivity index (χ2v) is 5.73. The zero-order valence-electron chi connectivity index (χ0n) is 13.8. The molecule has 1 aromatic rings. The molecule has 2 rings (SSSR count). The Morgan fingerprint density at radius 1 is 1.60 bits per heavy atom. The molecule has 1 aliphatic heterocycles. The Balaban J connectivity index is 0.000000257. The van der Waals surface area contributed by atoms with Crippen molar-refractivity contribution < 1.29 is 13.4 Å². The Morgan fingerprint density at radius 3 is 2.88 bits per heavy atom. The molecule has 1 atom stereocenters. The van der Waals surface area contributed by atoms with Crippen LogP contribution in [0.2, 0.25) is 0 Å². The third kappa shape index (κ3) is 6.67. The summed E-state index contributed by atoms with van der Waals surface area (Å²) < 4.78 is 19.4. The predicted octanol–water partition coefficient (Wildman–Crippen LogP) is 3.14. The van der Waals surface area contributed by atoms with Crippen LogP contribution in [0, 0.1) is 0 Å². The summed E-state index contributed by atoms with van der Waals surface area (Å²) in [4.78, 5) is 21.5. The topological polar surface area (TPSA) is 72.4 Å². The van der Waals surface area contributed by atoms with Gasteiger partial charge in [-0.15, -0.1) is 0 Å². The van der Waals surface area contributed by atoms with Crippen molar-refractivity contribution in [2.24, 2.45) is 0 Å². The molecule has 2 N–H and O–H groups in total. The number of nitrogens with zero attached hydrogens (tertiary/aromatic N) is 1. The number of hydrogen-bond acceptors (Lipinski definition) is 6. The molecule has 1 aromatic heterocycles. The minimum Gasteiger partial charge on any atom is -0.422 e. The molecule has 1 fully saturated rings. The maximum absolute atomic E-state index is 12.7. The first-order chi connectivity index (χ1) is 11.9. The zero-order valence-corrected chi connectivity index (χ0v) is 15.4. The van der Waals surface area contributed by atoms with Crippen molar-refractivity contribution in [3.05, 3.63) is 64.2 Å². The van der Waals surface area contributed by atoms with Crippen LogP contribution < -0.4 is 16.2 Å². The van der Waals surface area contributed by atoms with Crippen LogP contribution in [0.1, 0.15) is 6.92 Å². The van der Waals surface area contributed by atoms with Gasteiger partial charge in [0.05, 0.1) is 23.4 Å². The summed E-state index contributed by atoms with van der Waals surface area (Å²) in [5.41, 5.74) is 2.09. The first-order valence-corrected chi connectivity index (χ1v) is 8.49. The largest absolute Gasteiger partial charge is 0.422 e. The molecule has 136 valence electrons. The molecule has 25 heavy (non-hydrogen) atoms. The van der Waals surface area contributed by atoms with Crippen molar-refractivity contribution in [3.63, 3.8) is 0 Å². The van der Waals surface area contributed by atoms with E-state index in [9.17, 15) is 14.0 Å². The highest BCUT2D eigenvalue weighted by Gasteiger charge is 2.20. The summed E-state index contributed by atoms with van der Waals surface area (Å²) in [7, 11) is 1.83. The van der Waals surface area contributed by atoms with Gasteiger partial charge in [-0.25, -0.2) is 4.39 Å². The van der Waals surface area contributed by atoms with Gasteiger partial charge in [-0.05, 0) is 13.0 Å². The molecular formula is C16H19ClFN3O3S. The van der Waals surface area contributed by atoms with Crippen LogP contribution in [-0.4, -0.2) is 23.3 Å². The van der Waals surface area contributed by atoms with Gasteiger partial charge in [-0.2, -0.15) is 0 Å². The highest BCUT2D eigenvalue weighted by atomic mass is 35.5. The van der Waals surface area contributed by atoms with Gasteiger partial charge in [0.25, 0.3) is 5.56 Å². The highest BCUT2D eigenvalue weighted by molar-refractivity contribution is 7.96. The minimum absolute atomic E-state index is 0.0477. The van der Waals surface area contributed by atoms with Crippen LogP contribution in [0.15, 0.2) is 58.6 Å². The van der Waals surface area contributed by atoms with E-state index in [0.717, 1.165) is 29.3 Å². The van der Waals surface area contributed by atoms with Gasteiger partial charge in [0.15, 0.2) is 17.4 Å². The zero-order chi connectivity index (χ0) is 18.8. The third-order valence-electron chi connectivity index (χ3n) is 2.97. The molecule has 6 nitrogen and oxygen atoms in total. The highest BCUT2D eigenvalue weighted by Crippen LogP contribution is 2.25. The molecule has 1 saturated heterocycles. The lowest BCUT2D eigenvalue weighted by Crippen LogP contribution is -2.31. The average molecular weight is 388 g/mol. The minimum atomic E-state index is -0.643. The van der Waals surface area contributed by atoms with Gasteiger partial charge < -0.3 is 19.4 Å². The number of carbonyl (C=O) groups excluding carboxylic acids is 1. The molecule has 1 unspecified atom stereocenters. The van der Waals surface area contributed by atoms with Crippen molar-refractivity contribution in [3.8, 4) is 0 Å². The van der Waals surface area contributed by atoms with Crippen LogP contribution in [0.3, 0.4) is 0 Å². The van der Waals surface area contributed by atoms with Gasteiger partial charge in [0, 0.05) is 37.5 Å². The molecular weight excluding hydrogens is 369 g/mol. The predicted molar refractivity (Wildman–Crippen MR) is 99.9 cm³/mol. The lowest BCUT2D eigenvalue weighted by molar-refractivity contribution is -0.107. The van der Waals surface area contributed by atoms with Gasteiger partial charge in [-0.1, -0.05) is 18.2 Å². The Kier molecular flexibility index (Phi) is 8.87. The van der Waals surface area contributed by atoms with Crippen molar-refractivity contribution >= 4 is 35.6 Å². The molecule has 0 saturated carbocycles. The second-order valence-electron chi connectivity index (χ2n) is 4.65. The van der Waals surface area contributed by atoms with E-state index in [2.05, 4.69) is 17.2 Å². The molecule has 2 heterocycles. The number of aromatic nitrogens is 1. The number of anilines is 1. The smallest absolute Gasteiger partial charge is 0.250 e. The standard InChI is InChI=1S/C8H7ClFNO2S.C8H12N2O/c1-5-7(2-6(10)3-9)11-8(4-12)14-13-5;1-3-10-6-7(9-2)4-5-8(10)11/h2-4,8,11H,1H2;4-6,9H,3H2,1-2H3/b6-3-,7-2+;. The summed E-state index contributed by atoms with van der Waals surface area (Å²) in [5, 5.41) is 5.12. The van der Waals surface area contributed by atoms with E-state index in [-0.39, 0.29) is 11.3 Å². The molecule has 0 amide bonds. The average Bonchev–Trinajstić information content (AvgIpc) is 2.64. The summed E-state index contributed by atoms with van der Waals surface area (Å²) in [6, 6.07) is 3.34. The molecule has 0 bridgehead atoms. The van der Waals surface area contributed by atoms with Crippen molar-refractivity contribution in [2.75, 3.05) is 12.4 Å². The Morgan fingerprint density at radius 2 is 2.32 bits per heavy atom. The van der Waals surface area contributed by atoms with Crippen LogP contribution in [0.5, 0.6) is 0 Å². The van der Waals surface area contributed by atoms with Crippen LogP contribution in [-0.2, 0) is 15.5 Å². The monoisotopic (exact) mass is 387 g/mol.